The van der Waals surface area contributed by atoms with Crippen molar-refractivity contribution in [3.05, 3.63) is 36.0 Å². The number of piperidine rings is 1. The maximum Gasteiger partial charge on any atom is 0.0725 e. The molecule has 0 aliphatic carbocycles. The van der Waals surface area contributed by atoms with Gasteiger partial charge < -0.3 is 9.80 Å². The number of hydrogen-bond donors (Lipinski definition) is 0. The molecular formula is C23H35N3. The number of pyridine rings is 1. The van der Waals surface area contributed by atoms with Crippen molar-refractivity contribution in [1.82, 2.24) is 9.88 Å². The van der Waals surface area contributed by atoms with Crippen molar-refractivity contribution in [3.8, 4) is 0 Å². The third-order valence-corrected chi connectivity index (χ3v) is 6.06. The summed E-state index contributed by atoms with van der Waals surface area (Å²) in [6.07, 6.45) is 8.79. The summed E-state index contributed by atoms with van der Waals surface area (Å²) in [6.45, 7) is 12.7. The fourth-order valence-corrected chi connectivity index (χ4v) is 4.29. The van der Waals surface area contributed by atoms with Gasteiger partial charge in [0.05, 0.1) is 5.52 Å². The Bertz CT molecular complexity index is 685. The molecule has 0 amide bonds. The van der Waals surface area contributed by atoms with Gasteiger partial charge in [-0.1, -0.05) is 38.8 Å². The molecule has 1 fully saturated rings. The van der Waals surface area contributed by atoms with E-state index >= 15 is 0 Å². The second kappa shape index (κ2) is 9.36. The number of fused-ring (bicyclic) bond motifs is 1. The van der Waals surface area contributed by atoms with E-state index in [1.54, 1.807) is 0 Å². The third-order valence-electron chi connectivity index (χ3n) is 6.06. The van der Waals surface area contributed by atoms with Gasteiger partial charge in [0.15, 0.2) is 0 Å². The van der Waals surface area contributed by atoms with Gasteiger partial charge in [-0.25, -0.2) is 0 Å². The van der Waals surface area contributed by atoms with Crippen LogP contribution in [0, 0.1) is 12.8 Å². The highest BCUT2D eigenvalue weighted by Gasteiger charge is 2.20. The highest BCUT2D eigenvalue weighted by Crippen LogP contribution is 2.31. The summed E-state index contributed by atoms with van der Waals surface area (Å²) >= 11 is 0. The summed E-state index contributed by atoms with van der Waals surface area (Å²) in [6, 6.07) is 8.84. The van der Waals surface area contributed by atoms with Crippen LogP contribution in [0.2, 0.25) is 0 Å². The fourth-order valence-electron chi connectivity index (χ4n) is 4.29. The fraction of sp³-hybridized carbons (Fsp3) is 0.609. The Labute approximate surface area is 159 Å². The summed E-state index contributed by atoms with van der Waals surface area (Å²) in [5.74, 6) is 0.915. The summed E-state index contributed by atoms with van der Waals surface area (Å²) in [5, 5.41) is 1.30. The minimum Gasteiger partial charge on any atom is -0.371 e. The number of nitrogens with zero attached hydrogens (tertiary/aromatic N) is 3. The molecular weight excluding hydrogens is 318 g/mol. The Morgan fingerprint density at radius 2 is 1.85 bits per heavy atom. The number of benzene rings is 1. The summed E-state index contributed by atoms with van der Waals surface area (Å²) in [4.78, 5) is 9.68. The van der Waals surface area contributed by atoms with E-state index in [0.717, 1.165) is 11.4 Å². The average Bonchev–Trinajstić information content (AvgIpc) is 2.68. The molecule has 0 unspecified atom stereocenters. The molecule has 1 aliphatic heterocycles. The Balaban J connectivity index is 1.50. The Kier molecular flexibility index (Phi) is 6.90. The molecule has 0 N–H and O–H groups in total. The number of unbranched alkanes of at least 4 members (excludes halogenated alkanes) is 1. The molecule has 3 rings (SSSR count). The SMILES string of the molecule is CCN(CC)CCCCC1CCN(c2ccnc3cc(C)ccc23)CC1. The monoisotopic (exact) mass is 353 g/mol. The first-order valence-electron chi connectivity index (χ1n) is 10.5. The molecule has 1 aromatic carbocycles. The smallest absolute Gasteiger partial charge is 0.0725 e. The predicted molar refractivity (Wildman–Crippen MR) is 113 cm³/mol. The second-order valence-electron chi connectivity index (χ2n) is 7.80. The van der Waals surface area contributed by atoms with E-state index in [0.29, 0.717) is 0 Å². The summed E-state index contributed by atoms with van der Waals surface area (Å²) < 4.78 is 0. The molecule has 0 atom stereocenters. The van der Waals surface area contributed by atoms with Crippen LogP contribution in [-0.2, 0) is 0 Å². The predicted octanol–water partition coefficient (Wildman–Crippen LogP) is 5.27. The second-order valence-corrected chi connectivity index (χ2v) is 7.80. The van der Waals surface area contributed by atoms with Gasteiger partial charge in [-0.05, 0) is 69.4 Å². The highest BCUT2D eigenvalue weighted by atomic mass is 15.1. The largest absolute Gasteiger partial charge is 0.371 e. The maximum absolute atomic E-state index is 4.56. The van der Waals surface area contributed by atoms with Gasteiger partial charge in [-0.2, -0.15) is 0 Å². The van der Waals surface area contributed by atoms with Crippen LogP contribution in [0.5, 0.6) is 0 Å². The lowest BCUT2D eigenvalue weighted by Crippen LogP contribution is -2.33. The van der Waals surface area contributed by atoms with Crippen LogP contribution in [0.3, 0.4) is 0 Å². The quantitative estimate of drug-likeness (QED) is 0.603. The Morgan fingerprint density at radius 3 is 2.58 bits per heavy atom. The molecule has 0 spiro atoms. The van der Waals surface area contributed by atoms with Gasteiger partial charge in [0, 0.05) is 30.4 Å². The van der Waals surface area contributed by atoms with Crippen molar-refractivity contribution in [1.29, 1.82) is 0 Å². The number of aryl methyl sites for hydroxylation is 1. The van der Waals surface area contributed by atoms with Gasteiger partial charge >= 0.3 is 0 Å². The molecule has 3 heteroatoms. The molecule has 1 saturated heterocycles. The first-order chi connectivity index (χ1) is 12.7. The standard InChI is InChI=1S/C23H35N3/c1-4-25(5-2)15-7-6-8-20-12-16-26(17-13-20)23-11-14-24-22-18-19(3)9-10-21(22)23/h9-11,14,18,20H,4-8,12-13,15-17H2,1-3H3. The van der Waals surface area contributed by atoms with E-state index < -0.39 is 0 Å². The maximum atomic E-state index is 4.56. The number of aromatic nitrogens is 1. The van der Waals surface area contributed by atoms with Crippen molar-refractivity contribution < 1.29 is 0 Å². The average molecular weight is 354 g/mol. The minimum atomic E-state index is 0.915. The third kappa shape index (κ3) is 4.76. The molecule has 0 saturated carbocycles. The van der Waals surface area contributed by atoms with Crippen LogP contribution in [0.25, 0.3) is 10.9 Å². The molecule has 0 radical (unpaired) electrons. The van der Waals surface area contributed by atoms with Crippen LogP contribution in [-0.4, -0.2) is 42.6 Å². The van der Waals surface area contributed by atoms with Gasteiger partial charge in [0.1, 0.15) is 0 Å². The van der Waals surface area contributed by atoms with Gasteiger partial charge in [0.25, 0.3) is 0 Å². The lowest BCUT2D eigenvalue weighted by Gasteiger charge is -2.34. The van der Waals surface area contributed by atoms with Crippen molar-refractivity contribution in [2.45, 2.75) is 52.9 Å². The van der Waals surface area contributed by atoms with E-state index in [-0.39, 0.29) is 0 Å². The zero-order chi connectivity index (χ0) is 18.4. The lowest BCUT2D eigenvalue weighted by molar-refractivity contribution is 0.286. The molecule has 1 aliphatic rings. The summed E-state index contributed by atoms with van der Waals surface area (Å²) in [7, 11) is 0. The lowest BCUT2D eigenvalue weighted by atomic mass is 9.91. The Morgan fingerprint density at radius 1 is 1.08 bits per heavy atom. The zero-order valence-corrected chi connectivity index (χ0v) is 16.9. The number of rotatable bonds is 8. The summed E-state index contributed by atoms with van der Waals surface area (Å²) in [5.41, 5.74) is 3.78. The first kappa shape index (κ1) is 19.2. The molecule has 2 heterocycles. The number of anilines is 1. The molecule has 26 heavy (non-hydrogen) atoms. The molecule has 3 nitrogen and oxygen atoms in total. The van der Waals surface area contributed by atoms with Crippen molar-refractivity contribution >= 4 is 16.6 Å². The van der Waals surface area contributed by atoms with E-state index in [2.05, 4.69) is 59.8 Å². The van der Waals surface area contributed by atoms with Gasteiger partial charge in [0.2, 0.25) is 0 Å². The minimum absolute atomic E-state index is 0.915. The topological polar surface area (TPSA) is 19.4 Å². The molecule has 2 aromatic rings. The van der Waals surface area contributed by atoms with E-state index in [1.165, 1.54) is 81.5 Å². The van der Waals surface area contributed by atoms with Crippen molar-refractivity contribution in [3.63, 3.8) is 0 Å². The van der Waals surface area contributed by atoms with Crippen LogP contribution >= 0.6 is 0 Å². The first-order valence-corrected chi connectivity index (χ1v) is 10.5. The van der Waals surface area contributed by atoms with Gasteiger partial charge in [-0.15, -0.1) is 0 Å². The van der Waals surface area contributed by atoms with E-state index in [1.807, 2.05) is 6.20 Å². The number of hydrogen-bond acceptors (Lipinski definition) is 3. The van der Waals surface area contributed by atoms with Crippen LogP contribution in [0.15, 0.2) is 30.5 Å². The van der Waals surface area contributed by atoms with E-state index in [9.17, 15) is 0 Å². The zero-order valence-electron chi connectivity index (χ0n) is 16.9. The normalized spacial score (nSPS) is 15.9. The van der Waals surface area contributed by atoms with Crippen molar-refractivity contribution in [2.24, 2.45) is 5.92 Å². The van der Waals surface area contributed by atoms with E-state index in [4.69, 9.17) is 0 Å². The van der Waals surface area contributed by atoms with Crippen LogP contribution in [0.1, 0.15) is 51.5 Å². The highest BCUT2D eigenvalue weighted by molar-refractivity contribution is 5.91. The molecule has 142 valence electrons. The molecule has 1 aromatic heterocycles. The van der Waals surface area contributed by atoms with Gasteiger partial charge in [-0.3, -0.25) is 4.98 Å². The molecule has 0 bridgehead atoms. The van der Waals surface area contributed by atoms with Crippen LogP contribution < -0.4 is 4.90 Å². The van der Waals surface area contributed by atoms with Crippen LogP contribution in [0.4, 0.5) is 5.69 Å². The Hall–Kier alpha value is -1.61. The van der Waals surface area contributed by atoms with Crippen molar-refractivity contribution in [2.75, 3.05) is 37.6 Å².